The molecule has 4 heteroatoms. The van der Waals surface area contributed by atoms with Crippen molar-refractivity contribution < 1.29 is 4.79 Å². The van der Waals surface area contributed by atoms with Gasteiger partial charge in [0.2, 0.25) is 0 Å². The maximum absolute atomic E-state index is 12.1. The molecule has 21 heavy (non-hydrogen) atoms. The van der Waals surface area contributed by atoms with Crippen LogP contribution in [0, 0.1) is 0 Å². The van der Waals surface area contributed by atoms with E-state index < -0.39 is 0 Å². The van der Waals surface area contributed by atoms with E-state index >= 15 is 0 Å². The quantitative estimate of drug-likeness (QED) is 0.719. The molecule has 0 amide bonds. The van der Waals surface area contributed by atoms with Crippen LogP contribution in [0.4, 0.5) is 0 Å². The van der Waals surface area contributed by atoms with Gasteiger partial charge in [0.05, 0.1) is 5.02 Å². The number of benzene rings is 2. The first-order valence-corrected chi connectivity index (χ1v) is 7.52. The Bertz CT molecular complexity index is 610. The number of nitrogens with zero attached hydrogens (tertiary/aromatic N) is 1. The number of hydrogen-bond acceptors (Lipinski definition) is 2. The molecule has 0 bridgehead atoms. The highest BCUT2D eigenvalue weighted by molar-refractivity contribution is 6.34. The lowest BCUT2D eigenvalue weighted by atomic mass is 10.1. The SMILES string of the molecule is CN(CCC(=O)c1ccccc1Cl)Cc1ccc(Cl)cc1. The Morgan fingerprint density at radius 2 is 1.71 bits per heavy atom. The van der Waals surface area contributed by atoms with E-state index in [-0.39, 0.29) is 5.78 Å². The monoisotopic (exact) mass is 321 g/mol. The summed E-state index contributed by atoms with van der Waals surface area (Å²) in [4.78, 5) is 14.2. The van der Waals surface area contributed by atoms with Crippen LogP contribution in [0.15, 0.2) is 48.5 Å². The van der Waals surface area contributed by atoms with Crippen LogP contribution in [0.2, 0.25) is 10.0 Å². The number of ketones is 1. The van der Waals surface area contributed by atoms with Crippen LogP contribution < -0.4 is 0 Å². The first-order valence-electron chi connectivity index (χ1n) is 6.77. The fraction of sp³-hybridized carbons (Fsp3) is 0.235. The third kappa shape index (κ3) is 4.85. The molecule has 0 aromatic heterocycles. The van der Waals surface area contributed by atoms with Gasteiger partial charge in [0, 0.05) is 30.1 Å². The van der Waals surface area contributed by atoms with E-state index in [0.29, 0.717) is 23.6 Å². The third-order valence-electron chi connectivity index (χ3n) is 3.26. The molecule has 110 valence electrons. The number of carbonyl (C=O) groups excluding carboxylic acids is 1. The van der Waals surface area contributed by atoms with E-state index in [1.807, 2.05) is 43.4 Å². The summed E-state index contributed by atoms with van der Waals surface area (Å²) in [5, 5.41) is 1.25. The minimum atomic E-state index is 0.0727. The summed E-state index contributed by atoms with van der Waals surface area (Å²) in [6.45, 7) is 1.47. The molecular formula is C17H17Cl2NO. The van der Waals surface area contributed by atoms with E-state index in [2.05, 4.69) is 4.90 Å². The fourth-order valence-corrected chi connectivity index (χ4v) is 2.46. The van der Waals surface area contributed by atoms with Crippen LogP contribution in [-0.4, -0.2) is 24.3 Å². The minimum Gasteiger partial charge on any atom is -0.302 e. The molecule has 0 unspecified atom stereocenters. The van der Waals surface area contributed by atoms with Crippen molar-refractivity contribution in [2.45, 2.75) is 13.0 Å². The van der Waals surface area contributed by atoms with Crippen molar-refractivity contribution in [3.05, 3.63) is 69.7 Å². The lowest BCUT2D eigenvalue weighted by Crippen LogP contribution is -2.21. The zero-order valence-corrected chi connectivity index (χ0v) is 13.4. The zero-order chi connectivity index (χ0) is 15.2. The lowest BCUT2D eigenvalue weighted by molar-refractivity contribution is 0.0968. The molecule has 2 aromatic carbocycles. The van der Waals surface area contributed by atoms with Crippen LogP contribution in [0.25, 0.3) is 0 Å². The molecule has 0 heterocycles. The largest absolute Gasteiger partial charge is 0.302 e. The van der Waals surface area contributed by atoms with Crippen LogP contribution in [0.1, 0.15) is 22.3 Å². The molecule has 0 saturated carbocycles. The molecule has 2 rings (SSSR count). The second kappa shape index (κ2) is 7.60. The average molecular weight is 322 g/mol. The van der Waals surface area contributed by atoms with Gasteiger partial charge in [-0.05, 0) is 36.9 Å². The predicted octanol–water partition coefficient (Wildman–Crippen LogP) is 4.70. The Hall–Kier alpha value is -1.35. The van der Waals surface area contributed by atoms with Gasteiger partial charge in [0.25, 0.3) is 0 Å². The number of hydrogen-bond donors (Lipinski definition) is 0. The van der Waals surface area contributed by atoms with Crippen molar-refractivity contribution in [1.29, 1.82) is 0 Å². The number of Topliss-reactive ketones (excluding diaryl/α,β-unsaturated/α-hetero) is 1. The lowest BCUT2D eigenvalue weighted by Gasteiger charge is -2.16. The van der Waals surface area contributed by atoms with Crippen molar-refractivity contribution in [2.24, 2.45) is 0 Å². The molecule has 0 aliphatic carbocycles. The van der Waals surface area contributed by atoms with Crippen LogP contribution in [0.3, 0.4) is 0 Å². The van der Waals surface area contributed by atoms with Crippen molar-refractivity contribution in [3.63, 3.8) is 0 Å². The molecule has 0 aliphatic rings. The summed E-state index contributed by atoms with van der Waals surface area (Å²) < 4.78 is 0. The topological polar surface area (TPSA) is 20.3 Å². The molecular weight excluding hydrogens is 305 g/mol. The molecule has 0 atom stereocenters. The molecule has 0 fully saturated rings. The summed E-state index contributed by atoms with van der Waals surface area (Å²) in [7, 11) is 1.99. The fourth-order valence-electron chi connectivity index (χ4n) is 2.09. The van der Waals surface area contributed by atoms with Crippen molar-refractivity contribution in [3.8, 4) is 0 Å². The van der Waals surface area contributed by atoms with Gasteiger partial charge in [-0.3, -0.25) is 4.79 Å². The first-order chi connectivity index (χ1) is 10.1. The van der Waals surface area contributed by atoms with Crippen molar-refractivity contribution in [1.82, 2.24) is 4.90 Å². The number of carbonyl (C=O) groups is 1. The van der Waals surface area contributed by atoms with E-state index in [0.717, 1.165) is 11.6 Å². The Morgan fingerprint density at radius 1 is 1.05 bits per heavy atom. The Morgan fingerprint density at radius 3 is 2.38 bits per heavy atom. The van der Waals surface area contributed by atoms with Gasteiger partial charge < -0.3 is 4.90 Å². The molecule has 2 aromatic rings. The Balaban J connectivity index is 1.86. The molecule has 0 N–H and O–H groups in total. The normalized spacial score (nSPS) is 10.9. The van der Waals surface area contributed by atoms with Crippen molar-refractivity contribution in [2.75, 3.05) is 13.6 Å². The average Bonchev–Trinajstić information content (AvgIpc) is 2.48. The third-order valence-corrected chi connectivity index (χ3v) is 3.84. The van der Waals surface area contributed by atoms with Gasteiger partial charge >= 0.3 is 0 Å². The van der Waals surface area contributed by atoms with E-state index in [9.17, 15) is 4.79 Å². The number of rotatable bonds is 6. The highest BCUT2D eigenvalue weighted by Crippen LogP contribution is 2.17. The van der Waals surface area contributed by atoms with Gasteiger partial charge in [0.15, 0.2) is 5.78 Å². The second-order valence-electron chi connectivity index (χ2n) is 5.02. The molecule has 0 aliphatic heterocycles. The molecule has 0 radical (unpaired) electrons. The van der Waals surface area contributed by atoms with E-state index in [1.54, 1.807) is 12.1 Å². The smallest absolute Gasteiger partial charge is 0.165 e. The maximum Gasteiger partial charge on any atom is 0.165 e. The predicted molar refractivity (Wildman–Crippen MR) is 88.2 cm³/mol. The van der Waals surface area contributed by atoms with Gasteiger partial charge in [-0.25, -0.2) is 0 Å². The van der Waals surface area contributed by atoms with Gasteiger partial charge in [0.1, 0.15) is 0 Å². The van der Waals surface area contributed by atoms with Crippen LogP contribution >= 0.6 is 23.2 Å². The van der Waals surface area contributed by atoms with E-state index in [1.165, 1.54) is 5.56 Å². The molecule has 2 nitrogen and oxygen atoms in total. The first kappa shape index (κ1) is 16.0. The van der Waals surface area contributed by atoms with Crippen LogP contribution in [0.5, 0.6) is 0 Å². The maximum atomic E-state index is 12.1. The van der Waals surface area contributed by atoms with E-state index in [4.69, 9.17) is 23.2 Å². The highest BCUT2D eigenvalue weighted by atomic mass is 35.5. The van der Waals surface area contributed by atoms with Crippen molar-refractivity contribution >= 4 is 29.0 Å². The molecule has 0 spiro atoms. The van der Waals surface area contributed by atoms with Gasteiger partial charge in [-0.1, -0.05) is 47.5 Å². The summed E-state index contributed by atoms with van der Waals surface area (Å²) in [6, 6.07) is 14.9. The summed E-state index contributed by atoms with van der Waals surface area (Å²) >= 11 is 11.9. The summed E-state index contributed by atoms with van der Waals surface area (Å²) in [6.07, 6.45) is 0.452. The minimum absolute atomic E-state index is 0.0727. The Kier molecular flexibility index (Phi) is 5.80. The Labute approximate surface area is 135 Å². The number of halogens is 2. The van der Waals surface area contributed by atoms with Crippen LogP contribution in [-0.2, 0) is 6.54 Å². The van der Waals surface area contributed by atoms with Gasteiger partial charge in [-0.15, -0.1) is 0 Å². The summed E-state index contributed by atoms with van der Waals surface area (Å²) in [5.41, 5.74) is 1.77. The second-order valence-corrected chi connectivity index (χ2v) is 5.86. The standard InChI is InChI=1S/C17H17Cl2NO/c1-20(12-13-6-8-14(18)9-7-13)11-10-17(21)15-4-2-3-5-16(15)19/h2-9H,10-12H2,1H3. The highest BCUT2D eigenvalue weighted by Gasteiger charge is 2.10. The van der Waals surface area contributed by atoms with Gasteiger partial charge in [-0.2, -0.15) is 0 Å². The zero-order valence-electron chi connectivity index (χ0n) is 11.9. The summed E-state index contributed by atoms with van der Waals surface area (Å²) in [5.74, 6) is 0.0727. The molecule has 0 saturated heterocycles.